The van der Waals surface area contributed by atoms with Crippen molar-refractivity contribution in [1.29, 1.82) is 0 Å². The van der Waals surface area contributed by atoms with E-state index in [0.29, 0.717) is 0 Å². The van der Waals surface area contributed by atoms with E-state index in [2.05, 4.69) is 0 Å². The summed E-state index contributed by atoms with van der Waals surface area (Å²) in [6, 6.07) is 5.43. The molecule has 1 unspecified atom stereocenters. The predicted octanol–water partition coefficient (Wildman–Crippen LogP) is 0.829. The Hall–Kier alpha value is -4.00. The Labute approximate surface area is 190 Å². The molecule has 1 aliphatic rings. The third-order valence-electron chi connectivity index (χ3n) is 5.57. The lowest BCUT2D eigenvalue weighted by Gasteiger charge is -2.39. The SMILES string of the molecule is C[C@H]1[C@H](O)[C@@H](O)C(Oc2cc(-c3oc4cc(O)cc(O)c4c(=O)c3O)ccc2O)O[C@@H]1C(=O)O. The molecule has 4 rings (SSSR count). The predicted molar refractivity (Wildman–Crippen MR) is 113 cm³/mol. The fourth-order valence-electron chi connectivity index (χ4n) is 3.73. The summed E-state index contributed by atoms with van der Waals surface area (Å²) in [5.41, 5.74) is -1.23. The van der Waals surface area contributed by atoms with Crippen LogP contribution in [0, 0.1) is 5.92 Å². The van der Waals surface area contributed by atoms with Crippen molar-refractivity contribution < 1.29 is 54.4 Å². The van der Waals surface area contributed by atoms with Crippen LogP contribution >= 0.6 is 0 Å². The number of aliphatic carboxylic acids is 1. The van der Waals surface area contributed by atoms with Crippen LogP contribution in [0.2, 0.25) is 0 Å². The lowest BCUT2D eigenvalue weighted by atomic mass is 9.91. The largest absolute Gasteiger partial charge is 0.508 e. The number of phenolic OH excluding ortho intramolecular Hbond substituents is 3. The number of aliphatic hydroxyl groups excluding tert-OH is 2. The second kappa shape index (κ2) is 8.41. The van der Waals surface area contributed by atoms with Gasteiger partial charge in [0.2, 0.25) is 17.5 Å². The minimum atomic E-state index is -1.68. The zero-order valence-electron chi connectivity index (χ0n) is 17.4. The van der Waals surface area contributed by atoms with Crippen LogP contribution < -0.4 is 10.2 Å². The van der Waals surface area contributed by atoms with Crippen LogP contribution in [0.25, 0.3) is 22.3 Å². The van der Waals surface area contributed by atoms with Gasteiger partial charge in [0.15, 0.2) is 23.4 Å². The van der Waals surface area contributed by atoms with Crippen molar-refractivity contribution >= 4 is 16.9 Å². The molecule has 34 heavy (non-hydrogen) atoms. The van der Waals surface area contributed by atoms with Gasteiger partial charge in [-0.15, -0.1) is 0 Å². The summed E-state index contributed by atoms with van der Waals surface area (Å²) in [6.45, 7) is 1.38. The van der Waals surface area contributed by atoms with Gasteiger partial charge < -0.3 is 49.6 Å². The van der Waals surface area contributed by atoms with E-state index in [1.54, 1.807) is 0 Å². The summed E-state index contributed by atoms with van der Waals surface area (Å²) in [4.78, 5) is 24.0. The molecular weight excluding hydrogens is 456 g/mol. The van der Waals surface area contributed by atoms with Gasteiger partial charge in [-0.3, -0.25) is 4.79 Å². The Kier molecular flexibility index (Phi) is 5.73. The molecule has 2 heterocycles. The van der Waals surface area contributed by atoms with Crippen LogP contribution in [0.5, 0.6) is 28.7 Å². The maximum absolute atomic E-state index is 12.6. The van der Waals surface area contributed by atoms with E-state index in [-0.39, 0.29) is 22.3 Å². The van der Waals surface area contributed by atoms with Gasteiger partial charge in [0.25, 0.3) is 0 Å². The monoisotopic (exact) mass is 476 g/mol. The summed E-state index contributed by atoms with van der Waals surface area (Å²) in [6.07, 6.45) is -6.35. The summed E-state index contributed by atoms with van der Waals surface area (Å²) < 4.78 is 16.2. The number of phenols is 3. The van der Waals surface area contributed by atoms with Gasteiger partial charge in [-0.1, -0.05) is 6.92 Å². The quantitative estimate of drug-likeness (QED) is 0.279. The number of aliphatic hydroxyl groups is 2. The second-order valence-electron chi connectivity index (χ2n) is 7.85. The second-order valence-corrected chi connectivity index (χ2v) is 7.85. The summed E-state index contributed by atoms with van der Waals surface area (Å²) in [5.74, 6) is -5.45. The molecule has 1 aliphatic heterocycles. The van der Waals surface area contributed by atoms with E-state index in [0.717, 1.165) is 24.3 Å². The van der Waals surface area contributed by atoms with Gasteiger partial charge in [0.1, 0.15) is 28.6 Å². The first-order valence-corrected chi connectivity index (χ1v) is 9.95. The molecule has 5 atom stereocenters. The average molecular weight is 476 g/mol. The standard InChI is InChI=1S/C22H20O12/c1-7-15(26)18(29)22(34-19(7)21(30)31)33-12-4-8(2-3-10(12)24)20-17(28)16(27)14-11(25)5-9(23)6-13(14)32-20/h2-7,15,18-19,22-26,28-29H,1H3,(H,30,31)/t7-,15-,18+,19-,22?/m0/s1. The first kappa shape index (κ1) is 23.2. The number of hydrogen-bond donors (Lipinski definition) is 7. The normalized spacial score (nSPS) is 24.7. The molecule has 180 valence electrons. The number of ether oxygens (including phenoxy) is 2. The number of carbonyl (C=O) groups is 1. The number of rotatable bonds is 4. The number of benzene rings is 2. The zero-order chi connectivity index (χ0) is 24.9. The highest BCUT2D eigenvalue weighted by Gasteiger charge is 2.46. The molecular formula is C22H20O12. The van der Waals surface area contributed by atoms with Crippen LogP contribution in [0.4, 0.5) is 0 Å². The molecule has 0 saturated carbocycles. The van der Waals surface area contributed by atoms with Gasteiger partial charge in [0.05, 0.1) is 6.10 Å². The van der Waals surface area contributed by atoms with Crippen molar-refractivity contribution in [2.24, 2.45) is 5.92 Å². The number of carboxylic acid groups (broad SMARTS) is 1. The Morgan fingerprint density at radius 2 is 1.71 bits per heavy atom. The molecule has 2 aromatic carbocycles. The van der Waals surface area contributed by atoms with Gasteiger partial charge in [-0.05, 0) is 18.2 Å². The minimum absolute atomic E-state index is 0.00105. The van der Waals surface area contributed by atoms with E-state index < -0.39 is 70.7 Å². The van der Waals surface area contributed by atoms with Crippen molar-refractivity contribution in [3.05, 3.63) is 40.6 Å². The molecule has 12 nitrogen and oxygen atoms in total. The minimum Gasteiger partial charge on any atom is -0.508 e. The van der Waals surface area contributed by atoms with Crippen molar-refractivity contribution in [2.75, 3.05) is 0 Å². The van der Waals surface area contributed by atoms with Crippen LogP contribution in [0.3, 0.4) is 0 Å². The summed E-state index contributed by atoms with van der Waals surface area (Å²) in [7, 11) is 0. The molecule has 1 aromatic heterocycles. The van der Waals surface area contributed by atoms with E-state index in [1.165, 1.54) is 13.0 Å². The number of fused-ring (bicyclic) bond motifs is 1. The average Bonchev–Trinajstić information content (AvgIpc) is 2.77. The van der Waals surface area contributed by atoms with E-state index >= 15 is 0 Å². The van der Waals surface area contributed by atoms with Crippen LogP contribution in [0.1, 0.15) is 6.92 Å². The van der Waals surface area contributed by atoms with E-state index in [1.807, 2.05) is 0 Å². The first-order chi connectivity index (χ1) is 16.0. The topological polar surface area (TPSA) is 207 Å². The molecule has 7 N–H and O–H groups in total. The molecule has 1 saturated heterocycles. The van der Waals surface area contributed by atoms with Crippen molar-refractivity contribution in [3.63, 3.8) is 0 Å². The highest BCUT2D eigenvalue weighted by molar-refractivity contribution is 5.88. The maximum Gasteiger partial charge on any atom is 0.333 e. The highest BCUT2D eigenvalue weighted by Crippen LogP contribution is 2.39. The first-order valence-electron chi connectivity index (χ1n) is 9.95. The van der Waals surface area contributed by atoms with E-state index in [9.17, 15) is 45.3 Å². The molecule has 0 radical (unpaired) electrons. The Morgan fingerprint density at radius 3 is 2.38 bits per heavy atom. The lowest BCUT2D eigenvalue weighted by Crippen LogP contribution is -2.57. The number of hydrogen-bond acceptors (Lipinski definition) is 11. The molecule has 12 heteroatoms. The van der Waals surface area contributed by atoms with Crippen molar-refractivity contribution in [1.82, 2.24) is 0 Å². The highest BCUT2D eigenvalue weighted by atomic mass is 16.7. The van der Waals surface area contributed by atoms with Crippen LogP contribution in [0.15, 0.2) is 39.5 Å². The fraction of sp³-hybridized carbons (Fsp3) is 0.273. The van der Waals surface area contributed by atoms with Gasteiger partial charge in [-0.2, -0.15) is 0 Å². The Morgan fingerprint density at radius 1 is 1.00 bits per heavy atom. The smallest absolute Gasteiger partial charge is 0.333 e. The van der Waals surface area contributed by atoms with Gasteiger partial charge >= 0.3 is 5.97 Å². The molecule has 0 amide bonds. The van der Waals surface area contributed by atoms with Gasteiger partial charge in [-0.25, -0.2) is 4.79 Å². The Balaban J connectivity index is 1.75. The van der Waals surface area contributed by atoms with Crippen LogP contribution in [-0.2, 0) is 9.53 Å². The molecule has 1 fully saturated rings. The number of aromatic hydroxyl groups is 4. The zero-order valence-corrected chi connectivity index (χ0v) is 17.4. The summed E-state index contributed by atoms with van der Waals surface area (Å²) >= 11 is 0. The number of carboxylic acids is 1. The van der Waals surface area contributed by atoms with Crippen LogP contribution in [-0.4, -0.2) is 66.3 Å². The lowest BCUT2D eigenvalue weighted by molar-refractivity contribution is -0.256. The van der Waals surface area contributed by atoms with Gasteiger partial charge in [0, 0.05) is 23.6 Å². The third kappa shape index (κ3) is 3.83. The van der Waals surface area contributed by atoms with Crippen molar-refractivity contribution in [3.8, 4) is 40.1 Å². The van der Waals surface area contributed by atoms with Crippen molar-refractivity contribution in [2.45, 2.75) is 31.5 Å². The maximum atomic E-state index is 12.6. The molecule has 0 aliphatic carbocycles. The molecule has 0 spiro atoms. The van der Waals surface area contributed by atoms with E-state index in [4.69, 9.17) is 13.9 Å². The molecule has 0 bridgehead atoms. The molecule has 3 aromatic rings. The fourth-order valence-corrected chi connectivity index (χ4v) is 3.73. The Bertz CT molecular complexity index is 1330. The summed E-state index contributed by atoms with van der Waals surface area (Å²) in [5, 5.41) is 69.6. The third-order valence-corrected chi connectivity index (χ3v) is 5.57.